The molecular weight excluding hydrogens is 542 g/mol. The second-order valence-corrected chi connectivity index (χ2v) is 7.67. The lowest BCUT2D eigenvalue weighted by molar-refractivity contribution is -0.891. The number of nitrogens with zero attached hydrogens (tertiary/aromatic N) is 2. The molecule has 0 heterocycles. The minimum Gasteiger partial charge on any atom is -1.00 e. The Morgan fingerprint density at radius 2 is 1.24 bits per heavy atom. The Bertz CT molecular complexity index is 432. The summed E-state index contributed by atoms with van der Waals surface area (Å²) in [5, 5.41) is 0. The van der Waals surface area contributed by atoms with Gasteiger partial charge in [-0.3, -0.25) is 0 Å². The highest BCUT2D eigenvalue weighted by Gasteiger charge is 2.15. The van der Waals surface area contributed by atoms with Gasteiger partial charge in [-0.25, -0.2) is 0 Å². The molecule has 150 valence electrons. The molecule has 4 nitrogen and oxygen atoms in total. The predicted octanol–water partition coefficient (Wildman–Crippen LogP) is -3.18. The highest BCUT2D eigenvalue weighted by molar-refractivity contribution is 5.26. The SMILES string of the molecule is C.Cc1ccc(OCC[N+](C)(C)CCOCC[N+](C)(C)C)cc1.[I-].[I-]. The average molecular weight is 580 g/mol. The van der Waals surface area contributed by atoms with Crippen LogP contribution in [0.15, 0.2) is 24.3 Å². The summed E-state index contributed by atoms with van der Waals surface area (Å²) < 4.78 is 13.4. The van der Waals surface area contributed by atoms with Crippen molar-refractivity contribution >= 4 is 0 Å². The van der Waals surface area contributed by atoms with E-state index in [1.165, 1.54) is 5.56 Å². The standard InChI is InChI=1S/C18H34N2O2.CH4.2HI/c1-17-7-9-18(10-8-17)22-16-13-20(5,6)12-15-21-14-11-19(2,3)4;;;/h7-10H,11-16H2,1-6H3;1H4;2*1H/q+2;;;/p-2. The normalized spacial score (nSPS) is 11.0. The van der Waals surface area contributed by atoms with Gasteiger partial charge in [-0.15, -0.1) is 0 Å². The van der Waals surface area contributed by atoms with Gasteiger partial charge in [0, 0.05) is 0 Å². The molecule has 0 atom stereocenters. The van der Waals surface area contributed by atoms with E-state index in [1.807, 2.05) is 12.1 Å². The number of quaternary nitrogens is 2. The average Bonchev–Trinajstić information content (AvgIpc) is 2.39. The molecule has 0 fully saturated rings. The van der Waals surface area contributed by atoms with Gasteiger partial charge in [0.05, 0.1) is 48.5 Å². The lowest BCUT2D eigenvalue weighted by atomic mass is 10.2. The number of hydrogen-bond donors (Lipinski definition) is 0. The summed E-state index contributed by atoms with van der Waals surface area (Å²) >= 11 is 0. The molecule has 1 aromatic rings. The summed E-state index contributed by atoms with van der Waals surface area (Å²) in [6.45, 7) is 7.48. The quantitative estimate of drug-likeness (QED) is 0.165. The Hall–Kier alpha value is 0.360. The first-order valence-corrected chi connectivity index (χ1v) is 8.08. The number of rotatable bonds is 10. The van der Waals surface area contributed by atoms with Crippen molar-refractivity contribution in [2.24, 2.45) is 0 Å². The topological polar surface area (TPSA) is 18.5 Å². The molecule has 1 rings (SSSR count). The van der Waals surface area contributed by atoms with Crippen LogP contribution < -0.4 is 52.7 Å². The first-order valence-electron chi connectivity index (χ1n) is 8.08. The fourth-order valence-corrected chi connectivity index (χ4v) is 1.91. The Kier molecular flexibility index (Phi) is 17.4. The van der Waals surface area contributed by atoms with Crippen LogP contribution in [0.25, 0.3) is 0 Å². The molecular formula is C19H38I2N2O2. The van der Waals surface area contributed by atoms with E-state index in [0.717, 1.165) is 54.2 Å². The van der Waals surface area contributed by atoms with Crippen LogP contribution >= 0.6 is 0 Å². The van der Waals surface area contributed by atoms with Crippen molar-refractivity contribution < 1.29 is 66.4 Å². The van der Waals surface area contributed by atoms with Crippen molar-refractivity contribution in [2.75, 3.05) is 74.7 Å². The first kappa shape index (κ1) is 30.1. The van der Waals surface area contributed by atoms with Crippen LogP contribution in [0.1, 0.15) is 13.0 Å². The van der Waals surface area contributed by atoms with Gasteiger partial charge >= 0.3 is 0 Å². The smallest absolute Gasteiger partial charge is 0.137 e. The van der Waals surface area contributed by atoms with Gasteiger partial charge in [0.1, 0.15) is 32.0 Å². The number of halogens is 2. The molecule has 6 heteroatoms. The van der Waals surface area contributed by atoms with Crippen molar-refractivity contribution in [1.29, 1.82) is 0 Å². The monoisotopic (exact) mass is 580 g/mol. The van der Waals surface area contributed by atoms with Crippen LogP contribution in [-0.4, -0.2) is 83.7 Å². The predicted molar refractivity (Wildman–Crippen MR) is 99.0 cm³/mol. The molecule has 1 aromatic carbocycles. The molecule has 25 heavy (non-hydrogen) atoms. The van der Waals surface area contributed by atoms with Gasteiger partial charge in [0.25, 0.3) is 0 Å². The summed E-state index contributed by atoms with van der Waals surface area (Å²) in [6.07, 6.45) is 0. The molecule has 0 aliphatic heterocycles. The second-order valence-electron chi connectivity index (χ2n) is 7.67. The van der Waals surface area contributed by atoms with E-state index in [9.17, 15) is 0 Å². The Morgan fingerprint density at radius 3 is 1.76 bits per heavy atom. The zero-order valence-electron chi connectivity index (χ0n) is 16.0. The third kappa shape index (κ3) is 16.3. The lowest BCUT2D eigenvalue weighted by Crippen LogP contribution is -3.00. The zero-order valence-corrected chi connectivity index (χ0v) is 20.3. The zero-order chi connectivity index (χ0) is 16.6. The van der Waals surface area contributed by atoms with Crippen LogP contribution in [0, 0.1) is 6.92 Å². The van der Waals surface area contributed by atoms with E-state index in [4.69, 9.17) is 9.47 Å². The Balaban J connectivity index is -0.00000161. The van der Waals surface area contributed by atoms with E-state index < -0.39 is 0 Å². The van der Waals surface area contributed by atoms with Crippen molar-refractivity contribution in [2.45, 2.75) is 14.4 Å². The molecule has 0 spiro atoms. The first-order chi connectivity index (χ1) is 10.2. The van der Waals surface area contributed by atoms with Gasteiger partial charge in [-0.05, 0) is 19.1 Å². The molecule has 0 aromatic heterocycles. The fourth-order valence-electron chi connectivity index (χ4n) is 1.91. The molecule has 0 aliphatic carbocycles. The highest BCUT2D eigenvalue weighted by atomic mass is 127. The summed E-state index contributed by atoms with van der Waals surface area (Å²) in [5.74, 6) is 0.949. The van der Waals surface area contributed by atoms with Crippen molar-refractivity contribution in [1.82, 2.24) is 0 Å². The lowest BCUT2D eigenvalue weighted by Gasteiger charge is -2.30. The summed E-state index contributed by atoms with van der Waals surface area (Å²) in [5.41, 5.74) is 1.26. The maximum absolute atomic E-state index is 5.81. The van der Waals surface area contributed by atoms with E-state index in [1.54, 1.807) is 0 Å². The largest absolute Gasteiger partial charge is 1.00 e. The second kappa shape index (κ2) is 14.4. The molecule has 0 saturated carbocycles. The van der Waals surface area contributed by atoms with Crippen LogP contribution in [0.4, 0.5) is 0 Å². The van der Waals surface area contributed by atoms with E-state index >= 15 is 0 Å². The molecule has 0 unspecified atom stereocenters. The van der Waals surface area contributed by atoms with Crippen LogP contribution in [-0.2, 0) is 4.74 Å². The fraction of sp³-hybridized carbons (Fsp3) is 0.684. The summed E-state index contributed by atoms with van der Waals surface area (Å²) in [7, 11) is 11.0. The number of aryl methyl sites for hydroxylation is 1. The molecule has 0 amide bonds. The number of likely N-dealkylation sites (N-methyl/N-ethyl adjacent to an activating group) is 2. The summed E-state index contributed by atoms with van der Waals surface area (Å²) in [6, 6.07) is 8.22. The van der Waals surface area contributed by atoms with Crippen molar-refractivity contribution in [3.05, 3.63) is 29.8 Å². The molecule has 0 aliphatic rings. The number of hydrogen-bond acceptors (Lipinski definition) is 2. The van der Waals surface area contributed by atoms with Crippen molar-refractivity contribution in [3.63, 3.8) is 0 Å². The van der Waals surface area contributed by atoms with Gasteiger partial charge in [0.15, 0.2) is 0 Å². The van der Waals surface area contributed by atoms with E-state index in [0.29, 0.717) is 0 Å². The van der Waals surface area contributed by atoms with Crippen LogP contribution in [0.5, 0.6) is 5.75 Å². The van der Waals surface area contributed by atoms with Crippen molar-refractivity contribution in [3.8, 4) is 5.75 Å². The van der Waals surface area contributed by atoms with Crippen LogP contribution in [0.2, 0.25) is 0 Å². The molecule has 0 bridgehead atoms. The van der Waals surface area contributed by atoms with E-state index in [2.05, 4.69) is 54.3 Å². The van der Waals surface area contributed by atoms with Gasteiger partial charge < -0.3 is 66.4 Å². The highest BCUT2D eigenvalue weighted by Crippen LogP contribution is 2.11. The third-order valence-electron chi connectivity index (χ3n) is 3.73. The molecule has 0 radical (unpaired) electrons. The third-order valence-corrected chi connectivity index (χ3v) is 3.73. The maximum atomic E-state index is 5.81. The number of ether oxygens (including phenoxy) is 2. The Morgan fingerprint density at radius 1 is 0.760 bits per heavy atom. The van der Waals surface area contributed by atoms with E-state index in [-0.39, 0.29) is 55.4 Å². The molecule has 0 saturated heterocycles. The molecule has 0 N–H and O–H groups in total. The minimum atomic E-state index is 0. The Labute approximate surface area is 190 Å². The maximum Gasteiger partial charge on any atom is 0.137 e. The van der Waals surface area contributed by atoms with Gasteiger partial charge in [-0.2, -0.15) is 0 Å². The van der Waals surface area contributed by atoms with Gasteiger partial charge in [0.2, 0.25) is 0 Å². The minimum absolute atomic E-state index is 0. The number of benzene rings is 1. The van der Waals surface area contributed by atoms with Gasteiger partial charge in [-0.1, -0.05) is 25.1 Å². The summed E-state index contributed by atoms with van der Waals surface area (Å²) in [4.78, 5) is 0. The van der Waals surface area contributed by atoms with Crippen LogP contribution in [0.3, 0.4) is 0 Å².